The molecule has 210 valence electrons. The van der Waals surface area contributed by atoms with Crippen LogP contribution in [0.4, 0.5) is 13.2 Å². The van der Waals surface area contributed by atoms with E-state index in [2.05, 4.69) is 5.10 Å². The first kappa shape index (κ1) is 27.2. The number of amides is 2. The predicted octanol–water partition coefficient (Wildman–Crippen LogP) is 3.74. The van der Waals surface area contributed by atoms with Crippen LogP contribution < -0.4 is 14.8 Å². The van der Waals surface area contributed by atoms with Gasteiger partial charge >= 0.3 is 6.18 Å². The summed E-state index contributed by atoms with van der Waals surface area (Å²) >= 11 is 0. The lowest BCUT2D eigenvalue weighted by molar-refractivity contribution is -0.202. The van der Waals surface area contributed by atoms with Crippen LogP contribution in [0.25, 0.3) is 5.57 Å². The lowest BCUT2D eigenvalue weighted by Crippen LogP contribution is -2.60. The second-order valence-electron chi connectivity index (χ2n) is 10.2. The monoisotopic (exact) mass is 566 g/mol. The Morgan fingerprint density at radius 2 is 1.87 bits per heavy atom. The number of nitrogens with one attached hydrogen (secondary N) is 2. The molecular formula is C26H29F3N4O5S. The van der Waals surface area contributed by atoms with Crippen molar-refractivity contribution in [3.8, 4) is 5.75 Å². The second kappa shape index (κ2) is 10.00. The average molecular weight is 567 g/mol. The summed E-state index contributed by atoms with van der Waals surface area (Å²) in [6, 6.07) is 6.81. The Bertz CT molecular complexity index is 1410. The van der Waals surface area contributed by atoms with Crippen LogP contribution in [0.2, 0.25) is 0 Å². The molecule has 2 amide bonds. The lowest BCUT2D eigenvalue weighted by atomic mass is 9.77. The highest BCUT2D eigenvalue weighted by molar-refractivity contribution is 7.91. The number of benzene rings is 1. The summed E-state index contributed by atoms with van der Waals surface area (Å²) in [7, 11) is -4.06. The van der Waals surface area contributed by atoms with Gasteiger partial charge in [0, 0.05) is 18.2 Å². The van der Waals surface area contributed by atoms with E-state index in [0.717, 1.165) is 25.7 Å². The molecule has 2 heterocycles. The zero-order chi connectivity index (χ0) is 28.0. The van der Waals surface area contributed by atoms with Crippen LogP contribution >= 0.6 is 0 Å². The van der Waals surface area contributed by atoms with Crippen LogP contribution in [0.15, 0.2) is 42.1 Å². The fourth-order valence-electron chi connectivity index (χ4n) is 4.61. The first-order valence-electron chi connectivity index (χ1n) is 12.9. The van der Waals surface area contributed by atoms with E-state index in [0.29, 0.717) is 25.2 Å². The molecule has 1 aromatic heterocycles. The zero-order valence-corrected chi connectivity index (χ0v) is 22.1. The Hall–Kier alpha value is -3.35. The van der Waals surface area contributed by atoms with Crippen molar-refractivity contribution in [3.63, 3.8) is 0 Å². The molecule has 13 heteroatoms. The van der Waals surface area contributed by atoms with Crippen molar-refractivity contribution in [3.05, 3.63) is 53.4 Å². The maximum atomic E-state index is 14.9. The van der Waals surface area contributed by atoms with E-state index in [1.165, 1.54) is 30.3 Å². The number of alkyl halides is 3. The van der Waals surface area contributed by atoms with Crippen molar-refractivity contribution in [2.45, 2.75) is 74.9 Å². The maximum absolute atomic E-state index is 14.9. The Morgan fingerprint density at radius 3 is 2.46 bits per heavy atom. The number of carbonyl (C=O) groups is 2. The van der Waals surface area contributed by atoms with Gasteiger partial charge in [0.1, 0.15) is 11.3 Å². The van der Waals surface area contributed by atoms with Crippen LogP contribution in [0.1, 0.15) is 69.2 Å². The largest absolute Gasteiger partial charge is 0.494 e. The molecular weight excluding hydrogens is 537 g/mol. The number of rotatable bonds is 10. The number of carbonyl (C=O) groups excluding carboxylic acids is 2. The van der Waals surface area contributed by atoms with Gasteiger partial charge in [0.15, 0.2) is 5.54 Å². The molecule has 3 aliphatic rings. The molecule has 1 aromatic carbocycles. The number of sulfonamides is 1. The van der Waals surface area contributed by atoms with E-state index < -0.39 is 50.8 Å². The van der Waals surface area contributed by atoms with Gasteiger partial charge in [-0.1, -0.05) is 25.5 Å². The molecule has 9 nitrogen and oxygen atoms in total. The number of nitrogens with zero attached hydrogens (tertiary/aromatic N) is 2. The summed E-state index contributed by atoms with van der Waals surface area (Å²) in [5.41, 5.74) is -4.10. The molecule has 0 spiro atoms. The molecule has 2 N–H and O–H groups in total. The van der Waals surface area contributed by atoms with Crippen LogP contribution in [0.3, 0.4) is 0 Å². The van der Waals surface area contributed by atoms with Gasteiger partial charge in [-0.15, -0.1) is 0 Å². The number of hydrogen-bond donors (Lipinski definition) is 2. The zero-order valence-electron chi connectivity index (χ0n) is 21.3. The van der Waals surface area contributed by atoms with E-state index in [9.17, 15) is 31.2 Å². The SMILES string of the molecule is CCCCOc1ccc([C@]2(C(F)(F)F)CC(c3ccn(C4CC4)n3)=C(C(=O)NS(=O)(=O)C3CC3)C(=O)N2)cc1. The van der Waals surface area contributed by atoms with Crippen LogP contribution in [0, 0.1) is 0 Å². The van der Waals surface area contributed by atoms with Gasteiger partial charge in [0.25, 0.3) is 11.8 Å². The lowest BCUT2D eigenvalue weighted by Gasteiger charge is -2.41. The fraction of sp³-hybridized carbons (Fsp3) is 0.500. The predicted molar refractivity (Wildman–Crippen MR) is 135 cm³/mol. The molecule has 1 aliphatic heterocycles. The van der Waals surface area contributed by atoms with Gasteiger partial charge in [-0.2, -0.15) is 18.3 Å². The normalized spacial score (nSPS) is 22.0. The maximum Gasteiger partial charge on any atom is 0.416 e. The quantitative estimate of drug-likeness (QED) is 0.334. The molecule has 0 saturated heterocycles. The fourth-order valence-corrected chi connectivity index (χ4v) is 5.90. The standard InChI is InChI=1S/C26H29F3N4O5S/c1-2-3-14-38-18-8-4-16(5-9-18)25(26(27,28)29)15-20(21-12-13-33(31-21)17-6-7-17)22(23(34)30-25)24(35)32-39(36,37)19-10-11-19/h4-5,8-9,12-13,17,19H,2-3,6-7,10-11,14-15H2,1H3,(H,30,34)(H,32,35)/t25-/m0/s1. The van der Waals surface area contributed by atoms with Crippen molar-refractivity contribution < 1.29 is 35.9 Å². The van der Waals surface area contributed by atoms with Gasteiger partial charge < -0.3 is 10.1 Å². The highest BCUT2D eigenvalue weighted by atomic mass is 32.2. The Kier molecular flexibility index (Phi) is 6.98. The van der Waals surface area contributed by atoms with E-state index in [-0.39, 0.29) is 22.9 Å². The smallest absolute Gasteiger partial charge is 0.416 e. The summed E-state index contributed by atoms with van der Waals surface area (Å²) < 4.78 is 78.5. The average Bonchev–Trinajstić information content (AvgIpc) is 3.81. The molecule has 0 unspecified atom stereocenters. The summed E-state index contributed by atoms with van der Waals surface area (Å²) in [6.07, 6.45) is -0.131. The molecule has 39 heavy (non-hydrogen) atoms. The summed E-state index contributed by atoms with van der Waals surface area (Å²) in [5, 5.41) is 5.61. The summed E-state index contributed by atoms with van der Waals surface area (Å²) in [4.78, 5) is 26.5. The van der Waals surface area contributed by atoms with Crippen LogP contribution in [0.5, 0.6) is 5.75 Å². The highest BCUT2D eigenvalue weighted by Gasteiger charge is 2.60. The third-order valence-corrected chi connectivity index (χ3v) is 8.98. The van der Waals surface area contributed by atoms with E-state index in [4.69, 9.17) is 4.74 Å². The minimum absolute atomic E-state index is 0.0128. The van der Waals surface area contributed by atoms with Gasteiger partial charge in [0.2, 0.25) is 10.0 Å². The van der Waals surface area contributed by atoms with Crippen molar-refractivity contribution in [1.82, 2.24) is 19.8 Å². The molecule has 2 saturated carbocycles. The molecule has 5 rings (SSSR count). The van der Waals surface area contributed by atoms with Crippen molar-refractivity contribution >= 4 is 27.4 Å². The second-order valence-corrected chi connectivity index (χ2v) is 12.2. The minimum atomic E-state index is -4.97. The third kappa shape index (κ3) is 5.41. The van der Waals surface area contributed by atoms with E-state index in [1.807, 2.05) is 17.0 Å². The Balaban J connectivity index is 1.57. The molecule has 2 fully saturated rings. The minimum Gasteiger partial charge on any atom is -0.494 e. The molecule has 2 aliphatic carbocycles. The molecule has 0 radical (unpaired) electrons. The van der Waals surface area contributed by atoms with Crippen LogP contribution in [-0.2, 0) is 25.2 Å². The van der Waals surface area contributed by atoms with Gasteiger partial charge in [-0.25, -0.2) is 13.1 Å². The Morgan fingerprint density at radius 1 is 1.18 bits per heavy atom. The van der Waals surface area contributed by atoms with Crippen LogP contribution in [-0.4, -0.2) is 48.0 Å². The highest BCUT2D eigenvalue weighted by Crippen LogP contribution is 2.48. The number of unbranched alkanes of at least 4 members (excludes halogenated alkanes) is 1. The Labute approximate surface area is 223 Å². The van der Waals surface area contributed by atoms with E-state index in [1.54, 1.807) is 10.9 Å². The van der Waals surface area contributed by atoms with E-state index >= 15 is 0 Å². The topological polar surface area (TPSA) is 119 Å². The number of hydrogen-bond acceptors (Lipinski definition) is 6. The van der Waals surface area contributed by atoms with Crippen molar-refractivity contribution in [2.75, 3.05) is 6.61 Å². The summed E-state index contributed by atoms with van der Waals surface area (Å²) in [5.74, 6) is -2.22. The first-order chi connectivity index (χ1) is 18.4. The molecule has 0 bridgehead atoms. The van der Waals surface area contributed by atoms with Crippen molar-refractivity contribution in [1.29, 1.82) is 0 Å². The van der Waals surface area contributed by atoms with Gasteiger partial charge in [-0.05, 0) is 55.9 Å². The first-order valence-corrected chi connectivity index (χ1v) is 14.5. The van der Waals surface area contributed by atoms with Gasteiger partial charge in [0.05, 0.1) is 23.6 Å². The number of aromatic nitrogens is 2. The molecule has 1 atom stereocenters. The third-order valence-electron chi connectivity index (χ3n) is 7.16. The van der Waals surface area contributed by atoms with Crippen molar-refractivity contribution in [2.24, 2.45) is 0 Å². The summed E-state index contributed by atoms with van der Waals surface area (Å²) in [6.45, 7) is 2.40. The van der Waals surface area contributed by atoms with Gasteiger partial charge in [-0.3, -0.25) is 14.3 Å². The number of ether oxygens (including phenoxy) is 1. The molecule has 2 aromatic rings. The number of halogens is 3.